The largest absolute Gasteiger partial charge is 0.0985 e. The van der Waals surface area contributed by atoms with Crippen molar-refractivity contribution in [2.75, 3.05) is 0 Å². The van der Waals surface area contributed by atoms with Gasteiger partial charge in [-0.2, -0.15) is 0 Å². The lowest BCUT2D eigenvalue weighted by molar-refractivity contribution is 1.13. The first-order chi connectivity index (χ1) is 5.40. The van der Waals surface area contributed by atoms with Crippen LogP contribution in [0, 0.1) is 0 Å². The zero-order valence-electron chi connectivity index (χ0n) is 6.59. The summed E-state index contributed by atoms with van der Waals surface area (Å²) in [5.74, 6) is 0.869. The second-order valence-electron chi connectivity index (χ2n) is 3.15. The Bertz CT molecular complexity index is 252. The molecule has 56 valence electrons. The Labute approximate surface area is 67.6 Å². The summed E-state index contributed by atoms with van der Waals surface area (Å²) in [7, 11) is 0. The molecule has 0 atom stereocenters. The monoisotopic (exact) mass is 144 g/mol. The van der Waals surface area contributed by atoms with Gasteiger partial charge in [0.1, 0.15) is 0 Å². The molecule has 1 aliphatic rings. The number of hydrogen-bond donors (Lipinski definition) is 0. The normalized spacial score (nSPS) is 16.4. The predicted octanol–water partition coefficient (Wildman–Crippen LogP) is 3.21. The molecule has 0 radical (unpaired) electrons. The molecule has 2 rings (SSSR count). The average molecular weight is 144 g/mol. The smallest absolute Gasteiger partial charge is 0.0162 e. The van der Waals surface area contributed by atoms with Crippen molar-refractivity contribution >= 4 is 6.08 Å². The summed E-state index contributed by atoms with van der Waals surface area (Å²) in [6.45, 7) is 3.72. The number of rotatable bonds is 2. The van der Waals surface area contributed by atoms with E-state index in [9.17, 15) is 0 Å². The fraction of sp³-hybridized carbons (Fsp3) is 0.273. The Morgan fingerprint density at radius 3 is 2.27 bits per heavy atom. The molecule has 1 saturated carbocycles. The third-order valence-corrected chi connectivity index (χ3v) is 2.22. The van der Waals surface area contributed by atoms with Crippen molar-refractivity contribution in [3.63, 3.8) is 0 Å². The maximum Gasteiger partial charge on any atom is -0.0162 e. The Morgan fingerprint density at radius 2 is 1.82 bits per heavy atom. The molecule has 0 saturated heterocycles. The van der Waals surface area contributed by atoms with Gasteiger partial charge in [0.25, 0.3) is 0 Å². The lowest BCUT2D eigenvalue weighted by atomic mass is 10.1. The second-order valence-corrected chi connectivity index (χ2v) is 3.15. The quantitative estimate of drug-likeness (QED) is 0.598. The topological polar surface area (TPSA) is 0 Å². The standard InChI is InChI=1S/C11H12/c1-2-9-3-5-10(6-4-9)11-7-8-11/h2-6,11H,1,7-8H2. The minimum atomic E-state index is 0.869. The van der Waals surface area contributed by atoms with Crippen molar-refractivity contribution in [3.05, 3.63) is 42.0 Å². The van der Waals surface area contributed by atoms with Crippen LogP contribution >= 0.6 is 0 Å². The molecule has 1 aliphatic carbocycles. The van der Waals surface area contributed by atoms with E-state index in [0.29, 0.717) is 0 Å². The molecular weight excluding hydrogens is 132 g/mol. The van der Waals surface area contributed by atoms with Crippen LogP contribution in [0.4, 0.5) is 0 Å². The minimum absolute atomic E-state index is 0.869. The van der Waals surface area contributed by atoms with Crippen LogP contribution in [0.3, 0.4) is 0 Å². The van der Waals surface area contributed by atoms with Gasteiger partial charge < -0.3 is 0 Å². The molecule has 0 bridgehead atoms. The first-order valence-corrected chi connectivity index (χ1v) is 4.12. The Balaban J connectivity index is 2.25. The van der Waals surface area contributed by atoms with Crippen molar-refractivity contribution in [1.82, 2.24) is 0 Å². The molecule has 0 aromatic heterocycles. The van der Waals surface area contributed by atoms with Gasteiger partial charge in [0.05, 0.1) is 0 Å². The van der Waals surface area contributed by atoms with E-state index in [2.05, 4.69) is 30.8 Å². The number of hydrogen-bond acceptors (Lipinski definition) is 0. The second kappa shape index (κ2) is 2.54. The highest BCUT2D eigenvalue weighted by Gasteiger charge is 2.22. The highest BCUT2D eigenvalue weighted by atomic mass is 14.3. The van der Waals surface area contributed by atoms with E-state index in [0.717, 1.165) is 5.92 Å². The van der Waals surface area contributed by atoms with Crippen molar-refractivity contribution in [3.8, 4) is 0 Å². The molecule has 0 N–H and O–H groups in total. The minimum Gasteiger partial charge on any atom is -0.0985 e. The zero-order chi connectivity index (χ0) is 7.68. The third kappa shape index (κ3) is 1.35. The van der Waals surface area contributed by atoms with Crippen molar-refractivity contribution in [2.45, 2.75) is 18.8 Å². The van der Waals surface area contributed by atoms with Gasteiger partial charge >= 0.3 is 0 Å². The fourth-order valence-electron chi connectivity index (χ4n) is 1.32. The highest BCUT2D eigenvalue weighted by molar-refractivity contribution is 5.47. The first-order valence-electron chi connectivity index (χ1n) is 4.12. The third-order valence-electron chi connectivity index (χ3n) is 2.22. The molecule has 0 spiro atoms. The highest BCUT2D eigenvalue weighted by Crippen LogP contribution is 2.39. The van der Waals surface area contributed by atoms with Gasteiger partial charge in [-0.25, -0.2) is 0 Å². The lowest BCUT2D eigenvalue weighted by Crippen LogP contribution is -1.77. The van der Waals surface area contributed by atoms with E-state index < -0.39 is 0 Å². The molecule has 0 nitrogen and oxygen atoms in total. The Hall–Kier alpha value is -1.04. The molecular formula is C11H12. The van der Waals surface area contributed by atoms with Gasteiger partial charge in [-0.05, 0) is 29.9 Å². The maximum atomic E-state index is 3.72. The molecule has 0 unspecified atom stereocenters. The molecule has 11 heavy (non-hydrogen) atoms. The summed E-state index contributed by atoms with van der Waals surface area (Å²) in [6.07, 6.45) is 4.65. The average Bonchev–Trinajstić information content (AvgIpc) is 2.87. The van der Waals surface area contributed by atoms with E-state index >= 15 is 0 Å². The Morgan fingerprint density at radius 1 is 1.18 bits per heavy atom. The van der Waals surface area contributed by atoms with E-state index in [4.69, 9.17) is 0 Å². The molecule has 0 amide bonds. The Kier molecular flexibility index (Phi) is 1.54. The summed E-state index contributed by atoms with van der Waals surface area (Å²) >= 11 is 0. The van der Waals surface area contributed by atoms with Crippen LogP contribution in [0.25, 0.3) is 6.08 Å². The van der Waals surface area contributed by atoms with Crippen LogP contribution in [0.5, 0.6) is 0 Å². The van der Waals surface area contributed by atoms with E-state index in [1.807, 2.05) is 6.08 Å². The summed E-state index contributed by atoms with van der Waals surface area (Å²) in [5.41, 5.74) is 2.71. The van der Waals surface area contributed by atoms with Gasteiger partial charge in [-0.15, -0.1) is 0 Å². The summed E-state index contributed by atoms with van der Waals surface area (Å²) in [4.78, 5) is 0. The molecule has 0 heteroatoms. The summed E-state index contributed by atoms with van der Waals surface area (Å²) in [6, 6.07) is 8.71. The van der Waals surface area contributed by atoms with Crippen LogP contribution in [-0.2, 0) is 0 Å². The van der Waals surface area contributed by atoms with Crippen molar-refractivity contribution in [2.24, 2.45) is 0 Å². The lowest BCUT2D eigenvalue weighted by Gasteiger charge is -1.97. The molecule has 1 aromatic rings. The van der Waals surface area contributed by atoms with Gasteiger partial charge in [-0.3, -0.25) is 0 Å². The van der Waals surface area contributed by atoms with E-state index in [-0.39, 0.29) is 0 Å². The maximum absolute atomic E-state index is 3.72. The van der Waals surface area contributed by atoms with Crippen molar-refractivity contribution < 1.29 is 0 Å². The van der Waals surface area contributed by atoms with Crippen LogP contribution in [-0.4, -0.2) is 0 Å². The van der Waals surface area contributed by atoms with Crippen molar-refractivity contribution in [1.29, 1.82) is 0 Å². The summed E-state index contributed by atoms with van der Waals surface area (Å²) < 4.78 is 0. The molecule has 1 fully saturated rings. The van der Waals surface area contributed by atoms with E-state index in [1.54, 1.807) is 0 Å². The van der Waals surface area contributed by atoms with Gasteiger partial charge in [0, 0.05) is 0 Å². The van der Waals surface area contributed by atoms with Crippen LogP contribution in [0.1, 0.15) is 29.9 Å². The fourth-order valence-corrected chi connectivity index (χ4v) is 1.32. The summed E-state index contributed by atoms with van der Waals surface area (Å²) in [5, 5.41) is 0. The van der Waals surface area contributed by atoms with Crippen LogP contribution < -0.4 is 0 Å². The predicted molar refractivity (Wildman–Crippen MR) is 48.5 cm³/mol. The van der Waals surface area contributed by atoms with Gasteiger partial charge in [0.2, 0.25) is 0 Å². The molecule has 0 heterocycles. The SMILES string of the molecule is C=Cc1ccc(C2CC2)cc1. The molecule has 0 aliphatic heterocycles. The number of benzene rings is 1. The van der Waals surface area contributed by atoms with Crippen LogP contribution in [0.15, 0.2) is 30.8 Å². The molecule has 1 aromatic carbocycles. The van der Waals surface area contributed by atoms with E-state index in [1.165, 1.54) is 24.0 Å². The van der Waals surface area contributed by atoms with Gasteiger partial charge in [0.15, 0.2) is 0 Å². The zero-order valence-corrected chi connectivity index (χ0v) is 6.59. The van der Waals surface area contributed by atoms with Gasteiger partial charge in [-0.1, -0.05) is 36.9 Å². The first kappa shape index (κ1) is 6.66. The van der Waals surface area contributed by atoms with Crippen LogP contribution in [0.2, 0.25) is 0 Å².